The first-order chi connectivity index (χ1) is 15.1. The second-order valence-electron chi connectivity index (χ2n) is 9.08. The molecule has 4 rings (SSSR count). The van der Waals surface area contributed by atoms with Crippen LogP contribution in [0, 0.1) is 0 Å². The number of nitrogens with one attached hydrogen (secondary N) is 2. The number of carbonyl (C=O) groups is 2. The lowest BCUT2D eigenvalue weighted by molar-refractivity contribution is -0.867. The zero-order valence-electron chi connectivity index (χ0n) is 18.6. The molecule has 2 aliphatic heterocycles. The van der Waals surface area contributed by atoms with E-state index >= 15 is 0 Å². The lowest BCUT2D eigenvalue weighted by Gasteiger charge is -2.33. The number of anilines is 1. The van der Waals surface area contributed by atoms with Crippen LogP contribution < -0.4 is 10.2 Å². The number of carbonyl (C=O) groups excluding carboxylic acids is 2. The molecular formula is C22H36N5O2S2+. The van der Waals surface area contributed by atoms with Crippen LogP contribution in [0.4, 0.5) is 9.93 Å². The quantitative estimate of drug-likeness (QED) is 0.605. The molecule has 1 aromatic heterocycles. The minimum absolute atomic E-state index is 0.0327. The van der Waals surface area contributed by atoms with E-state index in [2.05, 4.69) is 15.2 Å². The Hall–Kier alpha value is -1.16. The maximum atomic E-state index is 13.4. The summed E-state index contributed by atoms with van der Waals surface area (Å²) in [5, 5.41) is 3.81. The summed E-state index contributed by atoms with van der Waals surface area (Å²) >= 11 is 3.41. The molecule has 2 saturated heterocycles. The fraction of sp³-hybridized carbons (Fsp3) is 0.773. The standard InChI is InChI=1S/C22H35N5O2S2/c1-17(28)26-12-9-19(16-26)27(18-7-3-2-4-8-18)22(29)24-21-23-15-20(31-21)30-14-13-25-10-5-6-11-25/h15,18-19H,2-14,16H2,1H3,(H,23,24,29)/p+1. The topological polar surface area (TPSA) is 70.0 Å². The Morgan fingerprint density at radius 1 is 1.13 bits per heavy atom. The molecule has 3 amide bonds. The van der Waals surface area contributed by atoms with Crippen molar-refractivity contribution in [3.05, 3.63) is 6.20 Å². The van der Waals surface area contributed by atoms with Crippen LogP contribution in [-0.4, -0.2) is 77.3 Å². The summed E-state index contributed by atoms with van der Waals surface area (Å²) in [6, 6.07) is 0.562. The third-order valence-corrected chi connectivity index (χ3v) is 9.02. The Kier molecular flexibility index (Phi) is 8.25. The molecule has 31 heavy (non-hydrogen) atoms. The van der Waals surface area contributed by atoms with E-state index in [0.717, 1.165) is 47.2 Å². The SMILES string of the molecule is CC(=O)N1CCC([NH+](C(=O)Nc2ncc(SCCN3CCCC3)s2)C2CCCCC2)C1. The summed E-state index contributed by atoms with van der Waals surface area (Å²) < 4.78 is 1.16. The highest BCUT2D eigenvalue weighted by atomic mass is 32.2. The van der Waals surface area contributed by atoms with Gasteiger partial charge in [0, 0.05) is 32.2 Å². The van der Waals surface area contributed by atoms with Crippen molar-refractivity contribution in [2.75, 3.05) is 43.8 Å². The molecule has 172 valence electrons. The number of thioether (sulfide) groups is 1. The number of thiazole rings is 1. The highest BCUT2D eigenvalue weighted by Gasteiger charge is 2.41. The van der Waals surface area contributed by atoms with Crippen LogP contribution in [0.3, 0.4) is 0 Å². The molecule has 1 aromatic rings. The number of hydrogen-bond donors (Lipinski definition) is 2. The van der Waals surface area contributed by atoms with Gasteiger partial charge in [0.2, 0.25) is 5.91 Å². The van der Waals surface area contributed by atoms with Crippen LogP contribution in [0.1, 0.15) is 58.3 Å². The number of aromatic nitrogens is 1. The van der Waals surface area contributed by atoms with Crippen LogP contribution in [0.25, 0.3) is 0 Å². The van der Waals surface area contributed by atoms with Gasteiger partial charge in [0.25, 0.3) is 0 Å². The molecule has 2 atom stereocenters. The molecule has 1 aliphatic carbocycles. The maximum Gasteiger partial charge on any atom is 0.421 e. The Balaban J connectivity index is 1.34. The van der Waals surface area contributed by atoms with Gasteiger partial charge in [-0.25, -0.2) is 14.7 Å². The van der Waals surface area contributed by atoms with E-state index < -0.39 is 0 Å². The van der Waals surface area contributed by atoms with Crippen molar-refractivity contribution in [3.8, 4) is 0 Å². The van der Waals surface area contributed by atoms with E-state index in [0.29, 0.717) is 17.7 Å². The fourth-order valence-corrected chi connectivity index (χ4v) is 7.20. The van der Waals surface area contributed by atoms with Crippen LogP contribution in [0.2, 0.25) is 0 Å². The van der Waals surface area contributed by atoms with Crippen LogP contribution in [-0.2, 0) is 4.79 Å². The lowest BCUT2D eigenvalue weighted by Crippen LogP contribution is -3.22. The van der Waals surface area contributed by atoms with Crippen LogP contribution >= 0.6 is 23.1 Å². The highest BCUT2D eigenvalue weighted by Crippen LogP contribution is 2.28. The van der Waals surface area contributed by atoms with Gasteiger partial charge >= 0.3 is 6.03 Å². The summed E-state index contributed by atoms with van der Waals surface area (Å²) in [7, 11) is 0. The van der Waals surface area contributed by atoms with Gasteiger partial charge in [-0.2, -0.15) is 0 Å². The third-order valence-electron chi connectivity index (χ3n) is 6.94. The molecule has 7 nitrogen and oxygen atoms in total. The van der Waals surface area contributed by atoms with Crippen molar-refractivity contribution in [2.24, 2.45) is 0 Å². The van der Waals surface area contributed by atoms with Gasteiger partial charge in [-0.1, -0.05) is 17.8 Å². The summed E-state index contributed by atoms with van der Waals surface area (Å²) in [6.45, 7) is 6.65. The zero-order chi connectivity index (χ0) is 21.6. The van der Waals surface area contributed by atoms with E-state index in [1.54, 1.807) is 18.3 Å². The predicted octanol–water partition coefficient (Wildman–Crippen LogP) is 2.70. The molecule has 0 radical (unpaired) electrons. The van der Waals surface area contributed by atoms with Gasteiger partial charge in [0.1, 0.15) is 6.04 Å². The van der Waals surface area contributed by atoms with Gasteiger partial charge < -0.3 is 9.80 Å². The first-order valence-corrected chi connectivity index (χ1v) is 13.6. The number of nitrogens with zero attached hydrogens (tertiary/aromatic N) is 3. The first kappa shape index (κ1) is 23.0. The molecule has 3 aliphatic rings. The normalized spacial score (nSPS) is 23.9. The monoisotopic (exact) mass is 466 g/mol. The van der Waals surface area contributed by atoms with E-state index in [1.807, 2.05) is 22.9 Å². The summed E-state index contributed by atoms with van der Waals surface area (Å²) in [5.74, 6) is 1.18. The largest absolute Gasteiger partial charge is 0.421 e. The number of quaternary nitrogens is 1. The molecular weight excluding hydrogens is 430 g/mol. The molecule has 3 heterocycles. The van der Waals surface area contributed by atoms with Gasteiger partial charge in [0.05, 0.1) is 23.0 Å². The molecule has 2 N–H and O–H groups in total. The fourth-order valence-electron chi connectivity index (χ4n) is 5.25. The van der Waals surface area contributed by atoms with Crippen molar-refractivity contribution in [1.82, 2.24) is 14.8 Å². The summed E-state index contributed by atoms with van der Waals surface area (Å²) in [5.41, 5.74) is 0. The van der Waals surface area contributed by atoms with E-state index in [-0.39, 0.29) is 18.0 Å². The van der Waals surface area contributed by atoms with Crippen LogP contribution in [0.5, 0.6) is 0 Å². The maximum absolute atomic E-state index is 13.4. The molecule has 0 bridgehead atoms. The van der Waals surface area contributed by atoms with Crippen LogP contribution in [0.15, 0.2) is 10.4 Å². The van der Waals surface area contributed by atoms with E-state index in [4.69, 9.17) is 0 Å². The molecule has 0 spiro atoms. The number of urea groups is 1. The average Bonchev–Trinajstić information content (AvgIpc) is 3.52. The minimum Gasteiger partial charge on any atom is -0.337 e. The van der Waals surface area contributed by atoms with Crippen molar-refractivity contribution in [1.29, 1.82) is 0 Å². The zero-order valence-corrected chi connectivity index (χ0v) is 20.2. The average molecular weight is 467 g/mol. The molecule has 3 fully saturated rings. The molecule has 1 saturated carbocycles. The molecule has 0 aromatic carbocycles. The van der Waals surface area contributed by atoms with Crippen molar-refractivity contribution in [3.63, 3.8) is 0 Å². The minimum atomic E-state index is 0.0327. The summed E-state index contributed by atoms with van der Waals surface area (Å²) in [4.78, 5) is 35.1. The van der Waals surface area contributed by atoms with Crippen molar-refractivity contribution in [2.45, 2.75) is 74.6 Å². The number of amides is 3. The van der Waals surface area contributed by atoms with Gasteiger partial charge in [-0.3, -0.25) is 10.1 Å². The molecule has 9 heteroatoms. The second-order valence-corrected chi connectivity index (χ2v) is 11.5. The smallest absolute Gasteiger partial charge is 0.337 e. The van der Waals surface area contributed by atoms with Crippen molar-refractivity contribution < 1.29 is 14.5 Å². The van der Waals surface area contributed by atoms with Gasteiger partial charge in [0.15, 0.2) is 5.13 Å². The van der Waals surface area contributed by atoms with E-state index in [9.17, 15) is 9.59 Å². The Morgan fingerprint density at radius 2 is 1.90 bits per heavy atom. The number of rotatable bonds is 7. The predicted molar refractivity (Wildman–Crippen MR) is 126 cm³/mol. The van der Waals surface area contributed by atoms with Gasteiger partial charge in [-0.05, 0) is 51.6 Å². The number of likely N-dealkylation sites (tertiary alicyclic amines) is 2. The Bertz CT molecular complexity index is 746. The highest BCUT2D eigenvalue weighted by molar-refractivity contribution is 8.01. The Morgan fingerprint density at radius 3 is 2.61 bits per heavy atom. The van der Waals surface area contributed by atoms with Crippen molar-refractivity contribution >= 4 is 40.2 Å². The Labute approximate surface area is 193 Å². The third kappa shape index (κ3) is 6.21. The second kappa shape index (κ2) is 11.1. The first-order valence-electron chi connectivity index (χ1n) is 11.8. The number of hydrogen-bond acceptors (Lipinski definition) is 6. The lowest BCUT2D eigenvalue weighted by atomic mass is 9.93. The molecule has 2 unspecified atom stereocenters. The van der Waals surface area contributed by atoms with E-state index in [1.165, 1.54) is 45.2 Å². The summed E-state index contributed by atoms with van der Waals surface area (Å²) in [6.07, 6.45) is 11.3. The van der Waals surface area contributed by atoms with Gasteiger partial charge in [-0.15, -0.1) is 11.8 Å².